The molecule has 1 fully saturated rings. The molecular weight excluding hydrogens is 598 g/mol. The summed E-state index contributed by atoms with van der Waals surface area (Å²) < 4.78 is 0. The van der Waals surface area contributed by atoms with Crippen LogP contribution in [0, 0.1) is 11.8 Å². The van der Waals surface area contributed by atoms with Gasteiger partial charge >= 0.3 is 0 Å². The van der Waals surface area contributed by atoms with Crippen molar-refractivity contribution in [2.75, 3.05) is 35.9 Å². The number of aliphatic hydroxyl groups excluding tert-OH is 1. The summed E-state index contributed by atoms with van der Waals surface area (Å²) in [5.74, 6) is 1.44. The zero-order chi connectivity index (χ0) is 33.8. The third-order valence-corrected chi connectivity index (χ3v) is 9.90. The molecule has 252 valence electrons. The number of carbonyl (C=O) groups is 1. The van der Waals surface area contributed by atoms with Crippen LogP contribution < -0.4 is 20.5 Å². The van der Waals surface area contributed by atoms with Crippen LogP contribution in [0.5, 0.6) is 0 Å². The number of hydrazone groups is 1. The average Bonchev–Trinajstić information content (AvgIpc) is 3.40. The van der Waals surface area contributed by atoms with Gasteiger partial charge in [-0.05, 0) is 92.8 Å². The van der Waals surface area contributed by atoms with Crippen molar-refractivity contribution in [3.05, 3.63) is 90.0 Å². The molecule has 1 aliphatic heterocycles. The minimum absolute atomic E-state index is 0.0340. The second-order valence-electron chi connectivity index (χ2n) is 13.9. The lowest BCUT2D eigenvalue weighted by Crippen LogP contribution is -2.43. The largest absolute Gasteiger partial charge is 0.388 e. The number of nitrogens with one attached hydrogen (secondary N) is 2. The highest BCUT2D eigenvalue weighted by molar-refractivity contribution is 6.15. The van der Waals surface area contributed by atoms with Crippen LogP contribution >= 0.6 is 0 Å². The van der Waals surface area contributed by atoms with Crippen LogP contribution in [0.2, 0.25) is 0 Å². The van der Waals surface area contributed by atoms with Crippen LogP contribution in [0.25, 0.3) is 10.9 Å². The van der Waals surface area contributed by atoms with Crippen molar-refractivity contribution in [1.82, 2.24) is 15.3 Å². The first-order chi connectivity index (χ1) is 23.2. The lowest BCUT2D eigenvalue weighted by molar-refractivity contribution is -0.121. The summed E-state index contributed by atoms with van der Waals surface area (Å²) in [7, 11) is 4.02. The Kier molecular flexibility index (Phi) is 10.4. The monoisotopic (exact) mass is 647 g/mol. The van der Waals surface area contributed by atoms with E-state index in [9.17, 15) is 9.90 Å². The van der Waals surface area contributed by atoms with Crippen LogP contribution in [0.4, 0.5) is 17.5 Å². The molecule has 1 aromatic heterocycles. The van der Waals surface area contributed by atoms with Crippen LogP contribution in [-0.2, 0) is 4.79 Å². The molecule has 3 N–H and O–H groups in total. The highest BCUT2D eigenvalue weighted by atomic mass is 16.3. The molecule has 0 radical (unpaired) electrons. The second-order valence-corrected chi connectivity index (χ2v) is 13.9. The van der Waals surface area contributed by atoms with E-state index in [2.05, 4.69) is 42.7 Å². The molecule has 4 aromatic rings. The van der Waals surface area contributed by atoms with Gasteiger partial charge in [0.1, 0.15) is 5.82 Å². The number of benzene rings is 3. The predicted octanol–water partition coefficient (Wildman–Crippen LogP) is 6.91. The lowest BCUT2D eigenvalue weighted by atomic mass is 9.82. The van der Waals surface area contributed by atoms with E-state index in [1.807, 2.05) is 86.6 Å². The van der Waals surface area contributed by atoms with Crippen LogP contribution in [-0.4, -0.2) is 59.4 Å². The summed E-state index contributed by atoms with van der Waals surface area (Å²) in [5, 5.41) is 26.1. The van der Waals surface area contributed by atoms with Crippen molar-refractivity contribution >= 4 is 40.0 Å². The summed E-state index contributed by atoms with van der Waals surface area (Å²) in [6.45, 7) is 6.90. The molecule has 3 unspecified atom stereocenters. The predicted molar refractivity (Wildman–Crippen MR) is 196 cm³/mol. The van der Waals surface area contributed by atoms with Crippen LogP contribution in [0.1, 0.15) is 76.0 Å². The van der Waals surface area contributed by atoms with Gasteiger partial charge in [0.25, 0.3) is 5.91 Å². The molecule has 2 heterocycles. The molecule has 1 saturated carbocycles. The van der Waals surface area contributed by atoms with E-state index in [1.54, 1.807) is 0 Å². The zero-order valence-electron chi connectivity index (χ0n) is 28.8. The summed E-state index contributed by atoms with van der Waals surface area (Å²) in [4.78, 5) is 25.6. The third kappa shape index (κ3) is 7.53. The standard InChI is InChI=1S/C39H49N7O2/c1-25(2)27-15-17-28(18-16-27)35(47)23-29(36-26(3)44-46(38(36)48)32-11-7-6-8-12-32)24-40-30-19-21-31(22-20-30)41-39-42-34-14-10-9-13-33(34)37(43-39)45(4)5/h6-18,25,29-31,35-36,40,47H,19-24H2,1-5H3,(H,41,42,43)/t29?,30-,31+,35?,36?. The molecular formula is C39H49N7O2. The fraction of sp³-hybridized carbons (Fsp3) is 0.436. The number of fused-ring (bicyclic) bond motifs is 1. The maximum Gasteiger partial charge on any atom is 0.256 e. The first-order valence-corrected chi connectivity index (χ1v) is 17.3. The van der Waals surface area contributed by atoms with Gasteiger partial charge in [0.15, 0.2) is 0 Å². The number of amides is 1. The first-order valence-electron chi connectivity index (χ1n) is 17.3. The topological polar surface area (TPSA) is 106 Å². The number of aromatic nitrogens is 2. The highest BCUT2D eigenvalue weighted by Crippen LogP contribution is 2.34. The van der Waals surface area contributed by atoms with Gasteiger partial charge in [-0.25, -0.2) is 9.99 Å². The van der Waals surface area contributed by atoms with E-state index in [0.29, 0.717) is 30.9 Å². The number of nitrogens with zero attached hydrogens (tertiary/aromatic N) is 5. The lowest BCUT2D eigenvalue weighted by Gasteiger charge is -2.32. The number of hydrogen-bond donors (Lipinski definition) is 3. The quantitative estimate of drug-likeness (QED) is 0.153. The van der Waals surface area contributed by atoms with Crippen LogP contribution in [0.3, 0.4) is 0 Å². The van der Waals surface area contributed by atoms with Crippen molar-refractivity contribution in [1.29, 1.82) is 0 Å². The molecule has 0 saturated heterocycles. The second kappa shape index (κ2) is 14.8. The SMILES string of the molecule is CC1=NN(c2ccccc2)C(=O)C1C(CN[C@H]1CC[C@@H](Nc2nc(N(C)C)c3ccccc3n2)CC1)CC(O)c1ccc(C(C)C)cc1. The molecule has 48 heavy (non-hydrogen) atoms. The molecule has 0 spiro atoms. The fourth-order valence-corrected chi connectivity index (χ4v) is 7.15. The Morgan fingerprint density at radius 1 is 0.875 bits per heavy atom. The highest BCUT2D eigenvalue weighted by Gasteiger charge is 2.41. The van der Waals surface area contributed by atoms with Crippen molar-refractivity contribution in [3.63, 3.8) is 0 Å². The summed E-state index contributed by atoms with van der Waals surface area (Å²) in [5.41, 5.74) is 4.61. The van der Waals surface area contributed by atoms with Gasteiger partial charge in [-0.1, -0.05) is 68.4 Å². The minimum atomic E-state index is -0.682. The van der Waals surface area contributed by atoms with E-state index in [4.69, 9.17) is 15.1 Å². The van der Waals surface area contributed by atoms with Gasteiger partial charge in [-0.2, -0.15) is 10.1 Å². The molecule has 2 aliphatic rings. The molecule has 3 atom stereocenters. The maximum absolute atomic E-state index is 13.9. The Balaban J connectivity index is 1.12. The van der Waals surface area contributed by atoms with Gasteiger partial charge < -0.3 is 20.6 Å². The summed E-state index contributed by atoms with van der Waals surface area (Å²) in [6.07, 6.45) is 3.76. The van der Waals surface area contributed by atoms with Crippen molar-refractivity contribution in [3.8, 4) is 0 Å². The molecule has 3 aromatic carbocycles. The van der Waals surface area contributed by atoms with Gasteiger partial charge in [-0.3, -0.25) is 4.79 Å². The van der Waals surface area contributed by atoms with Crippen LogP contribution in [0.15, 0.2) is 84.0 Å². The van der Waals surface area contributed by atoms with E-state index < -0.39 is 12.0 Å². The van der Waals surface area contributed by atoms with Gasteiger partial charge in [0, 0.05) is 37.3 Å². The number of para-hydroxylation sites is 2. The Labute approximate surface area is 284 Å². The van der Waals surface area contributed by atoms with Gasteiger partial charge in [0.2, 0.25) is 5.95 Å². The van der Waals surface area contributed by atoms with Crippen molar-refractivity contribution in [2.45, 2.75) is 77.0 Å². The normalized spacial score (nSPS) is 21.0. The Hall–Kier alpha value is -4.34. The number of carbonyl (C=O) groups excluding carboxylic acids is 1. The van der Waals surface area contributed by atoms with E-state index in [1.165, 1.54) is 10.6 Å². The molecule has 1 aliphatic carbocycles. The summed E-state index contributed by atoms with van der Waals surface area (Å²) >= 11 is 0. The van der Waals surface area contributed by atoms with E-state index in [-0.39, 0.29) is 17.9 Å². The minimum Gasteiger partial charge on any atom is -0.388 e. The summed E-state index contributed by atoms with van der Waals surface area (Å²) in [6, 6.07) is 26.6. The third-order valence-electron chi connectivity index (χ3n) is 9.90. The number of aliphatic hydroxyl groups is 1. The van der Waals surface area contributed by atoms with Gasteiger partial charge in [0.05, 0.1) is 23.2 Å². The van der Waals surface area contributed by atoms with Crippen molar-refractivity contribution in [2.24, 2.45) is 16.9 Å². The smallest absolute Gasteiger partial charge is 0.256 e. The Bertz CT molecular complexity index is 1720. The molecule has 6 rings (SSSR count). The van der Waals surface area contributed by atoms with E-state index >= 15 is 0 Å². The van der Waals surface area contributed by atoms with Crippen molar-refractivity contribution < 1.29 is 9.90 Å². The molecule has 9 nitrogen and oxygen atoms in total. The number of rotatable bonds is 12. The van der Waals surface area contributed by atoms with Gasteiger partial charge in [-0.15, -0.1) is 0 Å². The Morgan fingerprint density at radius 2 is 1.52 bits per heavy atom. The number of hydrogen-bond acceptors (Lipinski definition) is 8. The first kappa shape index (κ1) is 33.6. The zero-order valence-corrected chi connectivity index (χ0v) is 28.8. The molecule has 1 amide bonds. The number of anilines is 3. The maximum atomic E-state index is 13.9. The molecule has 0 bridgehead atoms. The average molecular weight is 648 g/mol. The van der Waals surface area contributed by atoms with E-state index in [0.717, 1.165) is 59.4 Å². The fourth-order valence-electron chi connectivity index (χ4n) is 7.15. The Morgan fingerprint density at radius 3 is 2.21 bits per heavy atom. The molecule has 9 heteroatoms.